The van der Waals surface area contributed by atoms with E-state index in [1.807, 2.05) is 18.4 Å². The van der Waals surface area contributed by atoms with Crippen LogP contribution in [-0.2, 0) is 0 Å². The molecule has 1 N–H and O–H groups in total. The van der Waals surface area contributed by atoms with Gasteiger partial charge in [-0.2, -0.15) is 5.10 Å². The fraction of sp³-hybridized carbons (Fsp3) is 0.0588. The standard InChI is InChI=1S/C17H12Cl2N4O2S/c1-10(11-2-5-13(6-3-11)23(24)25)21-22-17-20-16(9-26-17)12-4-7-14(18)15(19)8-12/h2-9H,1H3,(H,20,22)/b21-10+. The second-order valence-electron chi connectivity index (χ2n) is 5.28. The lowest BCUT2D eigenvalue weighted by Crippen LogP contribution is -2.00. The first-order valence-electron chi connectivity index (χ1n) is 7.40. The van der Waals surface area contributed by atoms with Crippen LogP contribution in [0.15, 0.2) is 52.9 Å². The summed E-state index contributed by atoms with van der Waals surface area (Å²) in [4.78, 5) is 14.7. The summed E-state index contributed by atoms with van der Waals surface area (Å²) < 4.78 is 0. The van der Waals surface area contributed by atoms with Gasteiger partial charge < -0.3 is 0 Å². The molecule has 3 rings (SSSR count). The molecule has 0 unspecified atom stereocenters. The topological polar surface area (TPSA) is 80.4 Å². The number of aromatic nitrogens is 1. The highest BCUT2D eigenvalue weighted by Gasteiger charge is 2.08. The molecule has 0 saturated carbocycles. The van der Waals surface area contributed by atoms with Crippen LogP contribution in [0.5, 0.6) is 0 Å². The first kappa shape index (κ1) is 18.3. The lowest BCUT2D eigenvalue weighted by atomic mass is 10.1. The Morgan fingerprint density at radius 1 is 1.19 bits per heavy atom. The van der Waals surface area contributed by atoms with E-state index in [9.17, 15) is 10.1 Å². The zero-order chi connectivity index (χ0) is 18.7. The van der Waals surface area contributed by atoms with Crippen LogP contribution in [0.25, 0.3) is 11.3 Å². The highest BCUT2D eigenvalue weighted by atomic mass is 35.5. The van der Waals surface area contributed by atoms with Crippen LogP contribution >= 0.6 is 34.5 Å². The maximum absolute atomic E-state index is 10.7. The molecule has 0 aliphatic heterocycles. The van der Waals surface area contributed by atoms with Gasteiger partial charge in [-0.25, -0.2) is 4.98 Å². The molecule has 0 bridgehead atoms. The third-order valence-electron chi connectivity index (χ3n) is 3.53. The van der Waals surface area contributed by atoms with Gasteiger partial charge in [0.2, 0.25) is 5.13 Å². The Kier molecular flexibility index (Phi) is 5.51. The third kappa shape index (κ3) is 4.19. The molecule has 132 valence electrons. The van der Waals surface area contributed by atoms with Crippen molar-refractivity contribution in [3.05, 3.63) is 73.6 Å². The minimum atomic E-state index is -0.436. The molecule has 6 nitrogen and oxygen atoms in total. The smallest absolute Gasteiger partial charge is 0.258 e. The number of hydrogen-bond acceptors (Lipinski definition) is 6. The van der Waals surface area contributed by atoms with E-state index >= 15 is 0 Å². The van der Waals surface area contributed by atoms with Crippen LogP contribution in [0.3, 0.4) is 0 Å². The molecule has 0 aliphatic rings. The van der Waals surface area contributed by atoms with Gasteiger partial charge in [0, 0.05) is 23.1 Å². The van der Waals surface area contributed by atoms with Gasteiger partial charge in [0.25, 0.3) is 5.69 Å². The maximum Gasteiger partial charge on any atom is 0.269 e. The van der Waals surface area contributed by atoms with Crippen molar-refractivity contribution in [3.8, 4) is 11.3 Å². The average Bonchev–Trinajstić information content (AvgIpc) is 3.11. The number of nitrogens with zero attached hydrogens (tertiary/aromatic N) is 3. The number of halogens is 2. The Balaban J connectivity index is 1.73. The van der Waals surface area contributed by atoms with Crippen LogP contribution in [0, 0.1) is 10.1 Å². The summed E-state index contributed by atoms with van der Waals surface area (Å²) in [6, 6.07) is 11.5. The van der Waals surface area contributed by atoms with Gasteiger partial charge >= 0.3 is 0 Å². The molecule has 3 aromatic rings. The highest BCUT2D eigenvalue weighted by Crippen LogP contribution is 2.30. The first-order valence-corrected chi connectivity index (χ1v) is 9.03. The molecule has 0 spiro atoms. The Bertz CT molecular complexity index is 987. The van der Waals surface area contributed by atoms with E-state index in [-0.39, 0.29) is 5.69 Å². The highest BCUT2D eigenvalue weighted by molar-refractivity contribution is 7.14. The van der Waals surface area contributed by atoms with Crippen LogP contribution in [0.4, 0.5) is 10.8 Å². The Labute approximate surface area is 163 Å². The largest absolute Gasteiger partial charge is 0.269 e. The molecule has 0 atom stereocenters. The number of nitrogens with one attached hydrogen (secondary N) is 1. The van der Waals surface area contributed by atoms with E-state index in [0.717, 1.165) is 16.8 Å². The van der Waals surface area contributed by atoms with Crippen molar-refractivity contribution < 1.29 is 4.92 Å². The number of anilines is 1. The summed E-state index contributed by atoms with van der Waals surface area (Å²) in [5, 5.41) is 18.4. The zero-order valence-corrected chi connectivity index (χ0v) is 15.8. The van der Waals surface area contributed by atoms with Crippen molar-refractivity contribution in [1.82, 2.24) is 4.98 Å². The van der Waals surface area contributed by atoms with Gasteiger partial charge in [0.05, 0.1) is 26.4 Å². The van der Waals surface area contributed by atoms with Crippen LogP contribution in [-0.4, -0.2) is 15.6 Å². The van der Waals surface area contributed by atoms with Gasteiger partial charge in [-0.3, -0.25) is 15.5 Å². The third-order valence-corrected chi connectivity index (χ3v) is 5.02. The summed E-state index contributed by atoms with van der Waals surface area (Å²) in [5.41, 5.74) is 6.03. The van der Waals surface area contributed by atoms with E-state index in [1.165, 1.54) is 23.5 Å². The van der Waals surface area contributed by atoms with Crippen LogP contribution < -0.4 is 5.43 Å². The van der Waals surface area contributed by atoms with Crippen molar-refractivity contribution in [3.63, 3.8) is 0 Å². The van der Waals surface area contributed by atoms with Gasteiger partial charge in [0.15, 0.2) is 0 Å². The monoisotopic (exact) mass is 406 g/mol. The minimum absolute atomic E-state index is 0.0423. The van der Waals surface area contributed by atoms with Gasteiger partial charge in [-0.1, -0.05) is 29.3 Å². The molecule has 1 aromatic heterocycles. The molecule has 0 saturated heterocycles. The number of hydrogen-bond donors (Lipinski definition) is 1. The van der Waals surface area contributed by atoms with Crippen molar-refractivity contribution in [2.75, 3.05) is 5.43 Å². The number of rotatable bonds is 5. The average molecular weight is 407 g/mol. The molecule has 0 aliphatic carbocycles. The van der Waals surface area contributed by atoms with Crippen molar-refractivity contribution in [2.24, 2.45) is 5.10 Å². The van der Waals surface area contributed by atoms with Crippen molar-refractivity contribution in [1.29, 1.82) is 0 Å². The fourth-order valence-electron chi connectivity index (χ4n) is 2.13. The lowest BCUT2D eigenvalue weighted by molar-refractivity contribution is -0.384. The van der Waals surface area contributed by atoms with E-state index in [4.69, 9.17) is 23.2 Å². The van der Waals surface area contributed by atoms with Gasteiger partial charge in [-0.15, -0.1) is 11.3 Å². The predicted molar refractivity (Wildman–Crippen MR) is 107 cm³/mol. The normalized spacial score (nSPS) is 11.4. The summed E-state index contributed by atoms with van der Waals surface area (Å²) in [6.45, 7) is 1.81. The van der Waals surface area contributed by atoms with Crippen LogP contribution in [0.2, 0.25) is 10.0 Å². The zero-order valence-electron chi connectivity index (χ0n) is 13.4. The fourth-order valence-corrected chi connectivity index (χ4v) is 3.09. The summed E-state index contributed by atoms with van der Waals surface area (Å²) in [5.74, 6) is 0. The van der Waals surface area contributed by atoms with Crippen molar-refractivity contribution in [2.45, 2.75) is 6.92 Å². The molecule has 0 radical (unpaired) electrons. The number of nitro groups is 1. The number of non-ortho nitro benzene ring substituents is 1. The van der Waals surface area contributed by atoms with Gasteiger partial charge in [-0.05, 0) is 36.8 Å². The number of benzene rings is 2. The maximum atomic E-state index is 10.7. The Morgan fingerprint density at radius 2 is 1.92 bits per heavy atom. The Hall–Kier alpha value is -2.48. The van der Waals surface area contributed by atoms with Crippen molar-refractivity contribution >= 4 is 51.1 Å². The molecule has 9 heteroatoms. The quantitative estimate of drug-likeness (QED) is 0.326. The summed E-state index contributed by atoms with van der Waals surface area (Å²) in [6.07, 6.45) is 0. The second kappa shape index (κ2) is 7.82. The predicted octanol–water partition coefficient (Wildman–Crippen LogP) is 5.86. The number of nitro benzene ring substituents is 1. The molecule has 0 amide bonds. The molecule has 1 heterocycles. The van der Waals surface area contributed by atoms with E-state index in [1.54, 1.807) is 24.3 Å². The minimum Gasteiger partial charge on any atom is -0.258 e. The van der Waals surface area contributed by atoms with E-state index in [2.05, 4.69) is 15.5 Å². The first-order chi connectivity index (χ1) is 12.4. The summed E-state index contributed by atoms with van der Waals surface area (Å²) >= 11 is 13.4. The van der Waals surface area contributed by atoms with Gasteiger partial charge in [0.1, 0.15) is 0 Å². The van der Waals surface area contributed by atoms with Crippen LogP contribution in [0.1, 0.15) is 12.5 Å². The Morgan fingerprint density at radius 3 is 2.58 bits per heavy atom. The van der Waals surface area contributed by atoms with E-state index < -0.39 is 4.92 Å². The number of thiazole rings is 1. The number of hydrazone groups is 1. The summed E-state index contributed by atoms with van der Waals surface area (Å²) in [7, 11) is 0. The molecule has 26 heavy (non-hydrogen) atoms. The lowest BCUT2D eigenvalue weighted by Gasteiger charge is -2.01. The molecular weight excluding hydrogens is 395 g/mol. The SMILES string of the molecule is C/C(=N\Nc1nc(-c2ccc(Cl)c(Cl)c2)cs1)c1ccc([N+](=O)[O-])cc1. The molecular formula is C17H12Cl2N4O2S. The second-order valence-corrected chi connectivity index (χ2v) is 6.95. The molecule has 2 aromatic carbocycles. The molecule has 0 fully saturated rings. The van der Waals surface area contributed by atoms with E-state index in [0.29, 0.717) is 20.9 Å².